The largest absolute Gasteiger partial charge is 0.460 e. The second-order valence-electron chi connectivity index (χ2n) is 4.30. The van der Waals surface area contributed by atoms with E-state index in [1.165, 1.54) is 6.92 Å². The Labute approximate surface area is 110 Å². The molecule has 0 rings (SSSR count). The Kier molecular flexibility index (Phi) is 7.61. The molecule has 0 heterocycles. The summed E-state index contributed by atoms with van der Waals surface area (Å²) in [4.78, 5) is 20.6. The van der Waals surface area contributed by atoms with Crippen LogP contribution in [-0.4, -0.2) is 41.3 Å². The van der Waals surface area contributed by atoms with Crippen molar-refractivity contribution in [2.24, 2.45) is 0 Å². The van der Waals surface area contributed by atoms with Gasteiger partial charge in [-0.05, 0) is 20.8 Å². The Morgan fingerprint density at radius 3 is 2.47 bits per heavy atom. The molecule has 17 heavy (non-hydrogen) atoms. The fraction of sp³-hybridized carbons (Fsp3) is 0.727. The van der Waals surface area contributed by atoms with Gasteiger partial charge < -0.3 is 9.84 Å². The Hall–Kier alpha value is -0.430. The van der Waals surface area contributed by atoms with Crippen LogP contribution in [0.3, 0.4) is 0 Å². The molecule has 0 aliphatic heterocycles. The molecule has 6 heteroatoms. The van der Waals surface area contributed by atoms with Crippen molar-refractivity contribution in [2.45, 2.75) is 31.2 Å². The number of hydrogen-bond acceptors (Lipinski definition) is 5. The fourth-order valence-corrected chi connectivity index (χ4v) is 0.745. The maximum Gasteiger partial charge on any atom is 0.333 e. The molecule has 0 aliphatic carbocycles. The number of hydrogen-bond donors (Lipinski definition) is 1. The molecule has 0 radical (unpaired) electrons. The summed E-state index contributed by atoms with van der Waals surface area (Å²) in [5, 5.41) is 9.39. The van der Waals surface area contributed by atoms with E-state index >= 15 is 0 Å². The summed E-state index contributed by atoms with van der Waals surface area (Å²) in [5.41, 5.74) is 0.287. The molecule has 0 aromatic heterocycles. The van der Waals surface area contributed by atoms with Gasteiger partial charge in [-0.25, -0.2) is 14.6 Å². The highest BCUT2D eigenvalue weighted by Gasteiger charge is 2.14. The van der Waals surface area contributed by atoms with E-state index in [0.717, 1.165) is 0 Å². The lowest BCUT2D eigenvalue weighted by Crippen LogP contribution is -2.26. The van der Waals surface area contributed by atoms with Crippen molar-refractivity contribution < 1.29 is 24.4 Å². The monoisotopic (exact) mass is 310 g/mol. The first-order valence-electron chi connectivity index (χ1n) is 5.16. The molecule has 0 amide bonds. The lowest BCUT2D eigenvalue weighted by molar-refractivity contribution is -0.308. The summed E-state index contributed by atoms with van der Waals surface area (Å²) >= 11 is 3.36. The van der Waals surface area contributed by atoms with E-state index in [9.17, 15) is 9.90 Å². The standard InChI is InChI=1S/C11H19BrO5/c1-8(2)10(14)15-5-9(13)6-16-17-7-11(3,4)12/h9,13H,1,5-7H2,2-4H3. The first-order valence-corrected chi connectivity index (χ1v) is 5.95. The Morgan fingerprint density at radius 1 is 1.41 bits per heavy atom. The predicted octanol–water partition coefficient (Wildman–Crippen LogP) is 1.59. The molecule has 1 atom stereocenters. The maximum absolute atomic E-state index is 11.0. The molecule has 0 fully saturated rings. The number of aliphatic hydroxyl groups is 1. The van der Waals surface area contributed by atoms with E-state index < -0.39 is 12.1 Å². The van der Waals surface area contributed by atoms with Crippen LogP contribution in [0.25, 0.3) is 0 Å². The van der Waals surface area contributed by atoms with Gasteiger partial charge in [0.25, 0.3) is 0 Å². The van der Waals surface area contributed by atoms with Crippen molar-refractivity contribution >= 4 is 21.9 Å². The van der Waals surface area contributed by atoms with Crippen LogP contribution < -0.4 is 0 Å². The Morgan fingerprint density at radius 2 is 2.00 bits per heavy atom. The summed E-state index contributed by atoms with van der Waals surface area (Å²) in [6, 6.07) is 0. The van der Waals surface area contributed by atoms with Crippen LogP contribution in [-0.2, 0) is 19.3 Å². The Balaban J connectivity index is 3.57. The molecule has 1 N–H and O–H groups in total. The quantitative estimate of drug-likeness (QED) is 0.184. The maximum atomic E-state index is 11.0. The zero-order valence-corrected chi connectivity index (χ0v) is 11.9. The van der Waals surface area contributed by atoms with Crippen molar-refractivity contribution in [3.63, 3.8) is 0 Å². The van der Waals surface area contributed by atoms with Gasteiger partial charge in [0.2, 0.25) is 0 Å². The minimum Gasteiger partial charge on any atom is -0.460 e. The average Bonchev–Trinajstić information content (AvgIpc) is 2.19. The highest BCUT2D eigenvalue weighted by Crippen LogP contribution is 2.15. The molecule has 0 aromatic carbocycles. The van der Waals surface area contributed by atoms with Crippen molar-refractivity contribution in [2.75, 3.05) is 19.8 Å². The van der Waals surface area contributed by atoms with Gasteiger partial charge in [0.1, 0.15) is 19.3 Å². The number of carbonyl (C=O) groups excluding carboxylic acids is 1. The molecule has 0 saturated carbocycles. The molecule has 1 unspecified atom stereocenters. The van der Waals surface area contributed by atoms with Crippen LogP contribution in [0.1, 0.15) is 20.8 Å². The predicted molar refractivity (Wildman–Crippen MR) is 66.7 cm³/mol. The highest BCUT2D eigenvalue weighted by atomic mass is 79.9. The van der Waals surface area contributed by atoms with E-state index in [1.807, 2.05) is 13.8 Å². The molecular weight excluding hydrogens is 292 g/mol. The average molecular weight is 311 g/mol. The summed E-state index contributed by atoms with van der Waals surface area (Å²) in [6.45, 7) is 8.92. The van der Waals surface area contributed by atoms with Gasteiger partial charge in [0.15, 0.2) is 0 Å². The summed E-state index contributed by atoms with van der Waals surface area (Å²) in [7, 11) is 0. The van der Waals surface area contributed by atoms with Gasteiger partial charge in [0.05, 0.1) is 6.61 Å². The lowest BCUT2D eigenvalue weighted by atomic mass is 10.2. The molecule has 0 saturated heterocycles. The van der Waals surface area contributed by atoms with Crippen LogP contribution >= 0.6 is 15.9 Å². The topological polar surface area (TPSA) is 65.0 Å². The minimum atomic E-state index is -0.920. The third-order valence-corrected chi connectivity index (χ3v) is 1.73. The van der Waals surface area contributed by atoms with Gasteiger partial charge in [-0.2, -0.15) is 0 Å². The summed E-state index contributed by atoms with van der Waals surface area (Å²) in [5.74, 6) is -0.536. The third-order valence-electron chi connectivity index (χ3n) is 1.50. The first kappa shape index (κ1) is 16.6. The van der Waals surface area contributed by atoms with Crippen LogP contribution in [0.2, 0.25) is 0 Å². The number of aliphatic hydroxyl groups excluding tert-OH is 1. The van der Waals surface area contributed by atoms with Gasteiger partial charge in [-0.1, -0.05) is 22.5 Å². The van der Waals surface area contributed by atoms with E-state index in [1.54, 1.807) is 0 Å². The first-order chi connectivity index (χ1) is 7.72. The van der Waals surface area contributed by atoms with Gasteiger partial charge >= 0.3 is 5.97 Å². The van der Waals surface area contributed by atoms with Crippen LogP contribution in [0, 0.1) is 0 Å². The van der Waals surface area contributed by atoms with Crippen molar-refractivity contribution in [1.29, 1.82) is 0 Å². The molecule has 0 spiro atoms. The Bertz CT molecular complexity index is 259. The molecule has 0 aliphatic rings. The fourth-order valence-electron chi connectivity index (χ4n) is 0.652. The summed E-state index contributed by atoms with van der Waals surface area (Å²) < 4.78 is 4.54. The molecule has 0 bridgehead atoms. The molecule has 100 valence electrons. The minimum absolute atomic E-state index is 0.0629. The van der Waals surface area contributed by atoms with Crippen molar-refractivity contribution in [3.8, 4) is 0 Å². The number of esters is 1. The van der Waals surface area contributed by atoms with Crippen LogP contribution in [0.5, 0.6) is 0 Å². The molecular formula is C11H19BrO5. The second kappa shape index (κ2) is 7.81. The van der Waals surface area contributed by atoms with Crippen LogP contribution in [0.4, 0.5) is 0 Å². The zero-order valence-electron chi connectivity index (χ0n) is 10.4. The number of rotatable bonds is 8. The van der Waals surface area contributed by atoms with E-state index in [-0.39, 0.29) is 23.1 Å². The second-order valence-corrected chi connectivity index (χ2v) is 6.44. The summed E-state index contributed by atoms with van der Waals surface area (Å²) in [6.07, 6.45) is -0.920. The zero-order chi connectivity index (χ0) is 13.5. The number of ether oxygens (including phenoxy) is 1. The van der Waals surface area contributed by atoms with Crippen molar-refractivity contribution in [3.05, 3.63) is 12.2 Å². The number of alkyl halides is 1. The van der Waals surface area contributed by atoms with Crippen LogP contribution in [0.15, 0.2) is 12.2 Å². The lowest BCUT2D eigenvalue weighted by Gasteiger charge is -2.16. The van der Waals surface area contributed by atoms with Gasteiger partial charge in [0, 0.05) is 9.90 Å². The smallest absolute Gasteiger partial charge is 0.333 e. The molecule has 5 nitrogen and oxygen atoms in total. The highest BCUT2D eigenvalue weighted by molar-refractivity contribution is 9.10. The number of halogens is 1. The van der Waals surface area contributed by atoms with Crippen molar-refractivity contribution in [1.82, 2.24) is 0 Å². The SMILES string of the molecule is C=C(C)C(=O)OCC(O)COOCC(C)(C)Br. The van der Waals surface area contributed by atoms with E-state index in [4.69, 9.17) is 14.5 Å². The van der Waals surface area contributed by atoms with Gasteiger partial charge in [-0.3, -0.25) is 0 Å². The molecule has 0 aromatic rings. The van der Waals surface area contributed by atoms with E-state index in [0.29, 0.717) is 6.61 Å². The normalized spacial score (nSPS) is 13.2. The number of carbonyl (C=O) groups is 1. The van der Waals surface area contributed by atoms with E-state index in [2.05, 4.69) is 22.5 Å². The third kappa shape index (κ3) is 10.4. The van der Waals surface area contributed by atoms with Gasteiger partial charge in [-0.15, -0.1) is 0 Å².